The maximum absolute atomic E-state index is 6.37. The first-order valence-corrected chi connectivity index (χ1v) is 6.89. The van der Waals surface area contributed by atoms with E-state index in [2.05, 4.69) is 42.8 Å². The second-order valence-electron chi connectivity index (χ2n) is 7.02. The van der Waals surface area contributed by atoms with E-state index >= 15 is 0 Å². The molecule has 1 aromatic rings. The molecule has 18 heavy (non-hydrogen) atoms. The highest BCUT2D eigenvalue weighted by molar-refractivity contribution is 5.46. The molecule has 2 heterocycles. The third kappa shape index (κ3) is 2.01. The number of aromatic nitrogens is 1. The van der Waals surface area contributed by atoms with Crippen molar-refractivity contribution in [3.63, 3.8) is 0 Å². The fourth-order valence-electron chi connectivity index (χ4n) is 2.76. The van der Waals surface area contributed by atoms with Crippen molar-refractivity contribution in [2.45, 2.75) is 44.6 Å². The number of hydrogen-bond acceptors (Lipinski definition) is 3. The normalized spacial score (nSPS) is 22.8. The molecule has 0 radical (unpaired) electrons. The van der Waals surface area contributed by atoms with E-state index in [0.717, 1.165) is 24.8 Å². The summed E-state index contributed by atoms with van der Waals surface area (Å²) < 4.78 is 0. The molecule has 2 fully saturated rings. The van der Waals surface area contributed by atoms with Crippen LogP contribution in [0.1, 0.15) is 39.2 Å². The van der Waals surface area contributed by atoms with E-state index in [9.17, 15) is 0 Å². The standard InChI is InChI=1S/C15H23N3/c1-14(2,3)12-6-7-13(17-8-12)18-9-15(16,10-18)11-4-5-11/h6-8,11H,4-5,9-10,16H2,1-3H3. The fourth-order valence-corrected chi connectivity index (χ4v) is 2.76. The summed E-state index contributed by atoms with van der Waals surface area (Å²) in [6.07, 6.45) is 4.64. The first-order valence-electron chi connectivity index (χ1n) is 6.89. The molecule has 3 heteroatoms. The van der Waals surface area contributed by atoms with Crippen LogP contribution < -0.4 is 10.6 Å². The third-order valence-corrected chi connectivity index (χ3v) is 4.30. The van der Waals surface area contributed by atoms with Crippen LogP contribution in [0.5, 0.6) is 0 Å². The minimum absolute atomic E-state index is 0.0738. The molecule has 1 aliphatic carbocycles. The van der Waals surface area contributed by atoms with Gasteiger partial charge in [0, 0.05) is 19.3 Å². The molecule has 2 aliphatic rings. The second kappa shape index (κ2) is 3.70. The zero-order valence-corrected chi connectivity index (χ0v) is 11.6. The van der Waals surface area contributed by atoms with Crippen LogP contribution in [-0.2, 0) is 5.41 Å². The van der Waals surface area contributed by atoms with Crippen LogP contribution in [0.2, 0.25) is 0 Å². The lowest BCUT2D eigenvalue weighted by molar-refractivity contribution is 0.289. The Balaban J connectivity index is 1.68. The SMILES string of the molecule is CC(C)(C)c1ccc(N2CC(N)(C3CC3)C2)nc1. The number of nitrogens with two attached hydrogens (primary N) is 1. The molecule has 1 saturated carbocycles. The van der Waals surface area contributed by atoms with Gasteiger partial charge in [0.15, 0.2) is 0 Å². The zero-order chi connectivity index (χ0) is 13.0. The predicted molar refractivity (Wildman–Crippen MR) is 74.8 cm³/mol. The molecule has 1 aromatic heterocycles. The lowest BCUT2D eigenvalue weighted by Gasteiger charge is -2.49. The third-order valence-electron chi connectivity index (χ3n) is 4.30. The Morgan fingerprint density at radius 3 is 2.39 bits per heavy atom. The van der Waals surface area contributed by atoms with Gasteiger partial charge in [-0.05, 0) is 35.8 Å². The summed E-state index contributed by atoms with van der Waals surface area (Å²) >= 11 is 0. The minimum atomic E-state index is 0.0738. The fraction of sp³-hybridized carbons (Fsp3) is 0.667. The Morgan fingerprint density at radius 2 is 1.94 bits per heavy atom. The molecule has 3 nitrogen and oxygen atoms in total. The smallest absolute Gasteiger partial charge is 0.128 e. The number of rotatable bonds is 2. The van der Waals surface area contributed by atoms with Gasteiger partial charge in [-0.3, -0.25) is 0 Å². The number of anilines is 1. The van der Waals surface area contributed by atoms with Gasteiger partial charge in [0.1, 0.15) is 5.82 Å². The van der Waals surface area contributed by atoms with Crippen molar-refractivity contribution in [1.29, 1.82) is 0 Å². The van der Waals surface area contributed by atoms with Crippen molar-refractivity contribution in [3.8, 4) is 0 Å². The van der Waals surface area contributed by atoms with Gasteiger partial charge in [0.05, 0.1) is 5.54 Å². The molecule has 2 N–H and O–H groups in total. The molecular weight excluding hydrogens is 222 g/mol. The topological polar surface area (TPSA) is 42.1 Å². The molecule has 0 amide bonds. The first-order chi connectivity index (χ1) is 8.38. The molecule has 1 saturated heterocycles. The monoisotopic (exact) mass is 245 g/mol. The number of hydrogen-bond donors (Lipinski definition) is 1. The van der Waals surface area contributed by atoms with E-state index in [1.165, 1.54) is 18.4 Å². The molecule has 0 bridgehead atoms. The molecule has 1 aliphatic heterocycles. The van der Waals surface area contributed by atoms with Crippen molar-refractivity contribution < 1.29 is 0 Å². The van der Waals surface area contributed by atoms with Crippen LogP contribution in [0, 0.1) is 5.92 Å². The second-order valence-corrected chi connectivity index (χ2v) is 7.02. The molecule has 3 rings (SSSR count). The number of nitrogens with zero attached hydrogens (tertiary/aromatic N) is 2. The summed E-state index contributed by atoms with van der Waals surface area (Å²) in [7, 11) is 0. The van der Waals surface area contributed by atoms with Crippen molar-refractivity contribution in [1.82, 2.24) is 4.98 Å². The predicted octanol–water partition coefficient (Wildman–Crippen LogP) is 2.31. The minimum Gasteiger partial charge on any atom is -0.353 e. The summed E-state index contributed by atoms with van der Waals surface area (Å²) in [5, 5.41) is 0. The van der Waals surface area contributed by atoms with Crippen molar-refractivity contribution in [2.24, 2.45) is 11.7 Å². The van der Waals surface area contributed by atoms with Crippen LogP contribution in [0.3, 0.4) is 0 Å². The van der Waals surface area contributed by atoms with Crippen LogP contribution in [-0.4, -0.2) is 23.6 Å². The van der Waals surface area contributed by atoms with E-state index in [0.29, 0.717) is 0 Å². The maximum atomic E-state index is 6.37. The average molecular weight is 245 g/mol. The number of pyridine rings is 1. The molecule has 0 aromatic carbocycles. The first kappa shape index (κ1) is 12.0. The lowest BCUT2D eigenvalue weighted by Crippen LogP contribution is -2.69. The van der Waals surface area contributed by atoms with E-state index < -0.39 is 0 Å². The molecule has 0 unspecified atom stereocenters. The highest BCUT2D eigenvalue weighted by atomic mass is 15.3. The van der Waals surface area contributed by atoms with E-state index in [4.69, 9.17) is 5.73 Å². The summed E-state index contributed by atoms with van der Waals surface area (Å²) in [6, 6.07) is 4.32. The molecular formula is C15H23N3. The maximum Gasteiger partial charge on any atom is 0.128 e. The van der Waals surface area contributed by atoms with Gasteiger partial charge < -0.3 is 10.6 Å². The molecule has 0 spiro atoms. The van der Waals surface area contributed by atoms with Gasteiger partial charge in [-0.2, -0.15) is 0 Å². The van der Waals surface area contributed by atoms with E-state index in [1.807, 2.05) is 6.20 Å². The average Bonchev–Trinajstić information content (AvgIpc) is 3.08. The van der Waals surface area contributed by atoms with Crippen LogP contribution in [0.25, 0.3) is 0 Å². The summed E-state index contributed by atoms with van der Waals surface area (Å²) in [4.78, 5) is 6.88. The Bertz CT molecular complexity index is 434. The van der Waals surface area contributed by atoms with Gasteiger partial charge in [0.25, 0.3) is 0 Å². The van der Waals surface area contributed by atoms with Crippen LogP contribution >= 0.6 is 0 Å². The Morgan fingerprint density at radius 1 is 1.28 bits per heavy atom. The summed E-state index contributed by atoms with van der Waals surface area (Å²) in [6.45, 7) is 8.58. The highest BCUT2D eigenvalue weighted by Gasteiger charge is 2.50. The highest BCUT2D eigenvalue weighted by Crippen LogP contribution is 2.43. The Labute approximate surface area is 109 Å². The van der Waals surface area contributed by atoms with E-state index in [-0.39, 0.29) is 11.0 Å². The molecule has 98 valence electrons. The molecule has 0 atom stereocenters. The van der Waals surface area contributed by atoms with Gasteiger partial charge in [0.2, 0.25) is 0 Å². The van der Waals surface area contributed by atoms with Crippen LogP contribution in [0.15, 0.2) is 18.3 Å². The zero-order valence-electron chi connectivity index (χ0n) is 11.6. The van der Waals surface area contributed by atoms with Gasteiger partial charge >= 0.3 is 0 Å². The van der Waals surface area contributed by atoms with Gasteiger partial charge in [-0.25, -0.2) is 4.98 Å². The van der Waals surface area contributed by atoms with Crippen molar-refractivity contribution in [2.75, 3.05) is 18.0 Å². The van der Waals surface area contributed by atoms with Gasteiger partial charge in [-0.1, -0.05) is 26.8 Å². The van der Waals surface area contributed by atoms with E-state index in [1.54, 1.807) is 0 Å². The quantitative estimate of drug-likeness (QED) is 0.869. The van der Waals surface area contributed by atoms with Gasteiger partial charge in [-0.15, -0.1) is 0 Å². The van der Waals surface area contributed by atoms with Crippen molar-refractivity contribution >= 4 is 5.82 Å². The Kier molecular flexibility index (Phi) is 2.46. The van der Waals surface area contributed by atoms with Crippen molar-refractivity contribution in [3.05, 3.63) is 23.9 Å². The Hall–Kier alpha value is -1.09. The largest absolute Gasteiger partial charge is 0.353 e. The summed E-state index contributed by atoms with van der Waals surface area (Å²) in [5.74, 6) is 1.84. The van der Waals surface area contributed by atoms with Crippen LogP contribution in [0.4, 0.5) is 5.82 Å². The summed E-state index contributed by atoms with van der Waals surface area (Å²) in [5.41, 5.74) is 7.90. The lowest BCUT2D eigenvalue weighted by atomic mass is 9.85.